The van der Waals surface area contributed by atoms with Crippen molar-refractivity contribution in [3.63, 3.8) is 0 Å². The average Bonchev–Trinajstić information content (AvgIpc) is 2.00. The van der Waals surface area contributed by atoms with E-state index in [0.717, 1.165) is 10.7 Å². The van der Waals surface area contributed by atoms with Gasteiger partial charge in [0.05, 0.1) is 10.7 Å². The Bertz CT molecular complexity index is 292. The molecule has 66 valence electrons. The molecular formula is C10H14ClN. The lowest BCUT2D eigenvalue weighted by Gasteiger charge is -2.11. The smallest absolute Gasteiger partial charge is 0.0650 e. The van der Waals surface area contributed by atoms with Crippen molar-refractivity contribution in [3.8, 4) is 0 Å². The van der Waals surface area contributed by atoms with Crippen LogP contribution >= 0.6 is 11.6 Å². The molecule has 1 nitrogen and oxygen atoms in total. The summed E-state index contributed by atoms with van der Waals surface area (Å²) in [6, 6.07) is 0. The van der Waals surface area contributed by atoms with Gasteiger partial charge in [0.25, 0.3) is 0 Å². The molecule has 0 saturated heterocycles. The molecule has 0 amide bonds. The highest BCUT2D eigenvalue weighted by atomic mass is 35.5. The first-order valence-corrected chi connectivity index (χ1v) is 4.53. The fraction of sp³-hybridized carbons (Fsp3) is 0.500. The number of aryl methyl sites for hydroxylation is 1. The molecule has 2 heteroatoms. The molecule has 0 atom stereocenters. The maximum Gasteiger partial charge on any atom is 0.0650 e. The van der Waals surface area contributed by atoms with E-state index >= 15 is 0 Å². The minimum absolute atomic E-state index is 0.496. The molecule has 1 aromatic rings. The van der Waals surface area contributed by atoms with Crippen LogP contribution in [0.15, 0.2) is 6.20 Å². The second kappa shape index (κ2) is 3.44. The van der Waals surface area contributed by atoms with Crippen LogP contribution in [-0.2, 0) is 0 Å². The largest absolute Gasteiger partial charge is 0.260 e. The van der Waals surface area contributed by atoms with Gasteiger partial charge in [-0.25, -0.2) is 0 Å². The van der Waals surface area contributed by atoms with Gasteiger partial charge < -0.3 is 0 Å². The highest BCUT2D eigenvalue weighted by Crippen LogP contribution is 2.25. The van der Waals surface area contributed by atoms with E-state index in [4.69, 9.17) is 11.6 Å². The van der Waals surface area contributed by atoms with Crippen molar-refractivity contribution < 1.29 is 0 Å². The number of aromatic nitrogens is 1. The predicted octanol–water partition coefficient (Wildman–Crippen LogP) is 3.48. The summed E-state index contributed by atoms with van der Waals surface area (Å²) in [5.74, 6) is 0.496. The molecule has 0 aliphatic carbocycles. The highest BCUT2D eigenvalue weighted by Gasteiger charge is 2.08. The lowest BCUT2D eigenvalue weighted by atomic mass is 10.00. The highest BCUT2D eigenvalue weighted by molar-refractivity contribution is 6.32. The van der Waals surface area contributed by atoms with Crippen LogP contribution in [0.4, 0.5) is 0 Å². The third-order valence-corrected chi connectivity index (χ3v) is 2.66. The number of nitrogens with zero attached hydrogens (tertiary/aromatic N) is 1. The van der Waals surface area contributed by atoms with E-state index in [1.54, 1.807) is 0 Å². The zero-order valence-corrected chi connectivity index (χ0v) is 8.74. The van der Waals surface area contributed by atoms with Gasteiger partial charge in [-0.05, 0) is 30.9 Å². The molecule has 1 aromatic heterocycles. The minimum atomic E-state index is 0.496. The molecule has 0 saturated carbocycles. The Morgan fingerprint density at radius 3 is 2.42 bits per heavy atom. The summed E-state index contributed by atoms with van der Waals surface area (Å²) >= 11 is 6.06. The van der Waals surface area contributed by atoms with Crippen LogP contribution in [0.1, 0.15) is 36.6 Å². The standard InChI is InChI=1S/C10H14ClN/c1-6(2)9-5-12-8(4)10(11)7(9)3/h5-6H,1-4H3. The minimum Gasteiger partial charge on any atom is -0.260 e. The summed E-state index contributed by atoms with van der Waals surface area (Å²) in [4.78, 5) is 4.23. The molecule has 0 aromatic carbocycles. The molecular weight excluding hydrogens is 170 g/mol. The van der Waals surface area contributed by atoms with Crippen molar-refractivity contribution >= 4 is 11.6 Å². The van der Waals surface area contributed by atoms with Gasteiger partial charge in [0.1, 0.15) is 0 Å². The number of hydrogen-bond acceptors (Lipinski definition) is 1. The summed E-state index contributed by atoms with van der Waals surface area (Å²) in [5.41, 5.74) is 3.32. The van der Waals surface area contributed by atoms with Crippen LogP contribution in [-0.4, -0.2) is 4.98 Å². The second-order valence-corrected chi connectivity index (χ2v) is 3.77. The Morgan fingerprint density at radius 1 is 1.33 bits per heavy atom. The van der Waals surface area contributed by atoms with Crippen LogP contribution in [0.3, 0.4) is 0 Å². The molecule has 0 radical (unpaired) electrons. The van der Waals surface area contributed by atoms with Crippen LogP contribution < -0.4 is 0 Å². The third-order valence-electron chi connectivity index (χ3n) is 2.10. The molecule has 0 unspecified atom stereocenters. The van der Waals surface area contributed by atoms with Crippen LogP contribution in [0, 0.1) is 13.8 Å². The fourth-order valence-corrected chi connectivity index (χ4v) is 1.46. The monoisotopic (exact) mass is 183 g/mol. The van der Waals surface area contributed by atoms with Crippen molar-refractivity contribution in [3.05, 3.63) is 28.0 Å². The van der Waals surface area contributed by atoms with E-state index in [1.165, 1.54) is 11.1 Å². The first-order valence-electron chi connectivity index (χ1n) is 4.15. The van der Waals surface area contributed by atoms with Crippen molar-refractivity contribution in [2.24, 2.45) is 0 Å². The second-order valence-electron chi connectivity index (χ2n) is 3.39. The van der Waals surface area contributed by atoms with E-state index in [2.05, 4.69) is 18.8 Å². The van der Waals surface area contributed by atoms with Crippen LogP contribution in [0.5, 0.6) is 0 Å². The van der Waals surface area contributed by atoms with Gasteiger partial charge in [-0.1, -0.05) is 25.4 Å². The van der Waals surface area contributed by atoms with E-state index < -0.39 is 0 Å². The normalized spacial score (nSPS) is 10.8. The number of rotatable bonds is 1. The first-order chi connectivity index (χ1) is 5.54. The van der Waals surface area contributed by atoms with E-state index in [0.29, 0.717) is 5.92 Å². The van der Waals surface area contributed by atoms with Crippen molar-refractivity contribution in [1.82, 2.24) is 4.98 Å². The molecule has 0 aliphatic rings. The van der Waals surface area contributed by atoms with Crippen molar-refractivity contribution in [1.29, 1.82) is 0 Å². The lowest BCUT2D eigenvalue weighted by molar-refractivity contribution is 0.844. The molecule has 0 spiro atoms. The first kappa shape index (κ1) is 9.53. The Labute approximate surface area is 78.8 Å². The summed E-state index contributed by atoms with van der Waals surface area (Å²) in [6.07, 6.45) is 1.92. The Kier molecular flexibility index (Phi) is 2.73. The maximum absolute atomic E-state index is 6.06. The van der Waals surface area contributed by atoms with Crippen molar-refractivity contribution in [2.45, 2.75) is 33.6 Å². The third kappa shape index (κ3) is 1.61. The summed E-state index contributed by atoms with van der Waals surface area (Å²) in [6.45, 7) is 8.27. The summed E-state index contributed by atoms with van der Waals surface area (Å²) in [7, 11) is 0. The van der Waals surface area contributed by atoms with Gasteiger partial charge in [0, 0.05) is 6.20 Å². The van der Waals surface area contributed by atoms with Gasteiger partial charge >= 0.3 is 0 Å². The van der Waals surface area contributed by atoms with Crippen LogP contribution in [0.2, 0.25) is 5.02 Å². The number of hydrogen-bond donors (Lipinski definition) is 0. The molecule has 1 heterocycles. The zero-order chi connectivity index (χ0) is 9.30. The van der Waals surface area contributed by atoms with Crippen molar-refractivity contribution in [2.75, 3.05) is 0 Å². The van der Waals surface area contributed by atoms with Crippen LogP contribution in [0.25, 0.3) is 0 Å². The van der Waals surface area contributed by atoms with E-state index in [1.807, 2.05) is 20.0 Å². The molecule has 12 heavy (non-hydrogen) atoms. The predicted molar refractivity (Wildman–Crippen MR) is 52.8 cm³/mol. The fourth-order valence-electron chi connectivity index (χ4n) is 1.30. The Balaban J connectivity index is 3.27. The molecule has 0 N–H and O–H groups in total. The zero-order valence-electron chi connectivity index (χ0n) is 7.98. The molecule has 0 bridgehead atoms. The number of pyridine rings is 1. The summed E-state index contributed by atoms with van der Waals surface area (Å²) in [5, 5.41) is 0.807. The molecule has 0 aliphatic heterocycles. The molecule has 0 fully saturated rings. The van der Waals surface area contributed by atoms with Gasteiger partial charge in [0.15, 0.2) is 0 Å². The van der Waals surface area contributed by atoms with Gasteiger partial charge in [-0.2, -0.15) is 0 Å². The Hall–Kier alpha value is -0.560. The van der Waals surface area contributed by atoms with Gasteiger partial charge in [0.2, 0.25) is 0 Å². The lowest BCUT2D eigenvalue weighted by Crippen LogP contribution is -1.96. The maximum atomic E-state index is 6.06. The van der Waals surface area contributed by atoms with Gasteiger partial charge in [-0.3, -0.25) is 4.98 Å². The quantitative estimate of drug-likeness (QED) is 0.650. The van der Waals surface area contributed by atoms with E-state index in [-0.39, 0.29) is 0 Å². The topological polar surface area (TPSA) is 12.9 Å². The van der Waals surface area contributed by atoms with Gasteiger partial charge in [-0.15, -0.1) is 0 Å². The SMILES string of the molecule is Cc1ncc(C(C)C)c(C)c1Cl. The molecule has 1 rings (SSSR count). The van der Waals surface area contributed by atoms with E-state index in [9.17, 15) is 0 Å². The average molecular weight is 184 g/mol. The summed E-state index contributed by atoms with van der Waals surface area (Å²) < 4.78 is 0. The Morgan fingerprint density at radius 2 is 1.92 bits per heavy atom. The number of halogens is 1.